The summed E-state index contributed by atoms with van der Waals surface area (Å²) < 4.78 is 1.09. The number of hydrogen-bond acceptors (Lipinski definition) is 3. The molecule has 5 nitrogen and oxygen atoms in total. The van der Waals surface area contributed by atoms with Gasteiger partial charge < -0.3 is 5.11 Å². The van der Waals surface area contributed by atoms with Crippen LogP contribution < -0.4 is 0 Å². The molecule has 7 heteroatoms. The highest BCUT2D eigenvalue weighted by molar-refractivity contribution is 6.37. The fraction of sp³-hybridized carbons (Fsp3) is 0. The van der Waals surface area contributed by atoms with Crippen LogP contribution >= 0.6 is 23.2 Å². The van der Waals surface area contributed by atoms with Crippen LogP contribution in [0.5, 0.6) is 0 Å². The van der Waals surface area contributed by atoms with Crippen LogP contribution in [0.4, 0.5) is 0 Å². The van der Waals surface area contributed by atoms with E-state index < -0.39 is 5.97 Å². The lowest BCUT2D eigenvalue weighted by molar-refractivity contribution is 0.0687. The third-order valence-electron chi connectivity index (χ3n) is 1.92. The van der Waals surface area contributed by atoms with Gasteiger partial charge in [-0.25, -0.2) is 9.48 Å². The Morgan fingerprint density at radius 1 is 1.31 bits per heavy atom. The standard InChI is InChI=1S/C9H5Cl2N3O2/c10-5-2-1-3-6(11)8(5)14-7(9(15)16)4-12-13-14/h1-4H,(H,15,16). The second-order valence-electron chi connectivity index (χ2n) is 2.91. The number of nitrogens with zero attached hydrogens (tertiary/aromatic N) is 3. The molecule has 0 saturated carbocycles. The van der Waals surface area contributed by atoms with Crippen molar-refractivity contribution in [1.29, 1.82) is 0 Å². The minimum atomic E-state index is -1.15. The average Bonchev–Trinajstić information content (AvgIpc) is 2.66. The Hall–Kier alpha value is -1.59. The van der Waals surface area contributed by atoms with Gasteiger partial charge in [0.2, 0.25) is 0 Å². The summed E-state index contributed by atoms with van der Waals surface area (Å²) >= 11 is 11.9. The van der Waals surface area contributed by atoms with E-state index in [4.69, 9.17) is 28.3 Å². The van der Waals surface area contributed by atoms with E-state index >= 15 is 0 Å². The van der Waals surface area contributed by atoms with Gasteiger partial charge >= 0.3 is 5.97 Å². The molecule has 0 atom stereocenters. The third-order valence-corrected chi connectivity index (χ3v) is 2.53. The van der Waals surface area contributed by atoms with E-state index in [0.29, 0.717) is 15.7 Å². The number of aromatic nitrogens is 3. The maximum atomic E-state index is 10.9. The lowest BCUT2D eigenvalue weighted by Crippen LogP contribution is -2.08. The molecule has 0 aliphatic heterocycles. The number of rotatable bonds is 2. The van der Waals surface area contributed by atoms with Gasteiger partial charge in [0.1, 0.15) is 5.69 Å². The van der Waals surface area contributed by atoms with Crippen LogP contribution in [0.2, 0.25) is 10.0 Å². The molecule has 1 aromatic heterocycles. The Labute approximate surface area is 100 Å². The van der Waals surface area contributed by atoms with Crippen molar-refractivity contribution in [2.75, 3.05) is 0 Å². The monoisotopic (exact) mass is 257 g/mol. The highest BCUT2D eigenvalue weighted by Crippen LogP contribution is 2.28. The Kier molecular flexibility index (Phi) is 2.80. The van der Waals surface area contributed by atoms with Crippen LogP contribution in [0.1, 0.15) is 10.5 Å². The van der Waals surface area contributed by atoms with Crippen LogP contribution in [-0.2, 0) is 0 Å². The number of aromatic carboxylic acids is 1. The predicted molar refractivity (Wildman–Crippen MR) is 58.3 cm³/mol. The lowest BCUT2D eigenvalue weighted by atomic mass is 10.3. The average molecular weight is 258 g/mol. The number of hydrogen-bond donors (Lipinski definition) is 1. The molecule has 2 rings (SSSR count). The fourth-order valence-electron chi connectivity index (χ4n) is 1.24. The molecule has 0 aliphatic rings. The summed E-state index contributed by atoms with van der Waals surface area (Å²) in [4.78, 5) is 10.9. The number of benzene rings is 1. The molecule has 0 bridgehead atoms. The van der Waals surface area contributed by atoms with Crippen molar-refractivity contribution in [3.63, 3.8) is 0 Å². The number of halogens is 2. The largest absolute Gasteiger partial charge is 0.476 e. The zero-order chi connectivity index (χ0) is 11.7. The maximum absolute atomic E-state index is 10.9. The van der Waals surface area contributed by atoms with E-state index in [1.54, 1.807) is 18.2 Å². The minimum Gasteiger partial charge on any atom is -0.476 e. The molecule has 82 valence electrons. The van der Waals surface area contributed by atoms with Gasteiger partial charge in [-0.3, -0.25) is 0 Å². The molecule has 1 aromatic carbocycles. The third kappa shape index (κ3) is 1.75. The summed E-state index contributed by atoms with van der Waals surface area (Å²) in [6, 6.07) is 4.84. The van der Waals surface area contributed by atoms with Crippen LogP contribution in [0.15, 0.2) is 24.4 Å². The van der Waals surface area contributed by atoms with E-state index in [1.165, 1.54) is 0 Å². The predicted octanol–water partition coefficient (Wildman–Crippen LogP) is 2.27. The quantitative estimate of drug-likeness (QED) is 0.897. The molecule has 0 unspecified atom stereocenters. The smallest absolute Gasteiger partial charge is 0.356 e. The molecule has 0 radical (unpaired) electrons. The molecule has 1 N–H and O–H groups in total. The maximum Gasteiger partial charge on any atom is 0.356 e. The first kappa shape index (κ1) is 10.9. The van der Waals surface area contributed by atoms with Gasteiger partial charge in [0.15, 0.2) is 5.69 Å². The van der Waals surface area contributed by atoms with Gasteiger partial charge in [-0.2, -0.15) is 0 Å². The lowest BCUT2D eigenvalue weighted by Gasteiger charge is -2.07. The fourth-order valence-corrected chi connectivity index (χ4v) is 1.79. The van der Waals surface area contributed by atoms with Crippen molar-refractivity contribution >= 4 is 29.2 Å². The Morgan fingerprint density at radius 3 is 2.50 bits per heavy atom. The molecule has 0 saturated heterocycles. The van der Waals surface area contributed by atoms with Crippen molar-refractivity contribution in [2.45, 2.75) is 0 Å². The Morgan fingerprint density at radius 2 is 1.94 bits per heavy atom. The van der Waals surface area contributed by atoms with E-state index in [-0.39, 0.29) is 5.69 Å². The molecule has 0 fully saturated rings. The van der Waals surface area contributed by atoms with Crippen molar-refractivity contribution < 1.29 is 9.90 Å². The van der Waals surface area contributed by atoms with Crippen molar-refractivity contribution in [3.8, 4) is 5.69 Å². The van der Waals surface area contributed by atoms with Crippen LogP contribution in [0.25, 0.3) is 5.69 Å². The van der Waals surface area contributed by atoms with Crippen molar-refractivity contribution in [2.24, 2.45) is 0 Å². The molecule has 0 aliphatic carbocycles. The summed E-state index contributed by atoms with van der Waals surface area (Å²) in [5, 5.41) is 16.7. The summed E-state index contributed by atoms with van der Waals surface area (Å²) in [5.74, 6) is -1.15. The number of carbonyl (C=O) groups is 1. The molecule has 0 spiro atoms. The number of para-hydroxylation sites is 1. The van der Waals surface area contributed by atoms with Gasteiger partial charge in [-0.05, 0) is 12.1 Å². The molecule has 1 heterocycles. The molecule has 16 heavy (non-hydrogen) atoms. The Bertz CT molecular complexity index is 533. The van der Waals surface area contributed by atoms with Gasteiger partial charge in [0.25, 0.3) is 0 Å². The summed E-state index contributed by atoms with van der Waals surface area (Å²) in [6.07, 6.45) is 1.13. The highest BCUT2D eigenvalue weighted by atomic mass is 35.5. The normalized spacial score (nSPS) is 10.4. The molecular formula is C9H5Cl2N3O2. The first-order chi connectivity index (χ1) is 7.61. The van der Waals surface area contributed by atoms with Gasteiger partial charge in [0.05, 0.1) is 16.2 Å². The molecular weight excluding hydrogens is 253 g/mol. The van der Waals surface area contributed by atoms with Crippen LogP contribution in [0, 0.1) is 0 Å². The van der Waals surface area contributed by atoms with Gasteiger partial charge in [-0.15, -0.1) is 5.10 Å². The van der Waals surface area contributed by atoms with Gasteiger partial charge in [0, 0.05) is 0 Å². The topological polar surface area (TPSA) is 68.0 Å². The summed E-state index contributed by atoms with van der Waals surface area (Å²) in [6.45, 7) is 0. The first-order valence-corrected chi connectivity index (χ1v) is 4.95. The van der Waals surface area contributed by atoms with E-state index in [9.17, 15) is 4.79 Å². The molecule has 2 aromatic rings. The Balaban J connectivity index is 2.68. The zero-order valence-corrected chi connectivity index (χ0v) is 9.27. The van der Waals surface area contributed by atoms with E-state index in [0.717, 1.165) is 10.9 Å². The first-order valence-electron chi connectivity index (χ1n) is 4.19. The number of carboxylic acids is 1. The van der Waals surface area contributed by atoms with Crippen LogP contribution in [-0.4, -0.2) is 26.1 Å². The van der Waals surface area contributed by atoms with Crippen LogP contribution in [0.3, 0.4) is 0 Å². The second-order valence-corrected chi connectivity index (χ2v) is 3.72. The van der Waals surface area contributed by atoms with Crippen molar-refractivity contribution in [1.82, 2.24) is 15.0 Å². The zero-order valence-electron chi connectivity index (χ0n) is 7.76. The van der Waals surface area contributed by atoms with Gasteiger partial charge in [-0.1, -0.05) is 34.5 Å². The summed E-state index contributed by atoms with van der Waals surface area (Å²) in [7, 11) is 0. The molecule has 0 amide bonds. The number of carboxylic acid groups (broad SMARTS) is 1. The van der Waals surface area contributed by atoms with E-state index in [2.05, 4.69) is 10.3 Å². The van der Waals surface area contributed by atoms with Crippen molar-refractivity contribution in [3.05, 3.63) is 40.1 Å². The van der Waals surface area contributed by atoms with E-state index in [1.807, 2.05) is 0 Å². The summed E-state index contributed by atoms with van der Waals surface area (Å²) in [5.41, 5.74) is 0.204. The second kappa shape index (κ2) is 4.11. The SMILES string of the molecule is O=C(O)c1cnnn1-c1c(Cl)cccc1Cl. The highest BCUT2D eigenvalue weighted by Gasteiger charge is 2.17. The minimum absolute atomic E-state index is 0.102.